The monoisotopic (exact) mass is 533 g/mol. The van der Waals surface area contributed by atoms with Crippen molar-refractivity contribution in [2.24, 2.45) is 0 Å². The zero-order chi connectivity index (χ0) is 27.4. The zero-order valence-corrected chi connectivity index (χ0v) is 23.2. The van der Waals surface area contributed by atoms with Gasteiger partial charge in [0.05, 0.1) is 26.2 Å². The predicted molar refractivity (Wildman–Crippen MR) is 145 cm³/mol. The SMILES string of the molecule is CCCNC(=O)C(CC)N(Cc1ccc(OC)cc1)C(=O)CCCN(c1ccccc1OC)S(C)(=O)=O. The number of carbonyl (C=O) groups is 2. The van der Waals surface area contributed by atoms with E-state index in [9.17, 15) is 18.0 Å². The number of hydrogen-bond acceptors (Lipinski definition) is 6. The Morgan fingerprint density at radius 2 is 1.68 bits per heavy atom. The number of benzene rings is 2. The summed E-state index contributed by atoms with van der Waals surface area (Å²) in [6, 6.07) is 13.6. The molecular weight excluding hydrogens is 494 g/mol. The third kappa shape index (κ3) is 8.66. The molecule has 0 aliphatic heterocycles. The topological polar surface area (TPSA) is 105 Å². The van der Waals surface area contributed by atoms with Crippen LogP contribution in [-0.4, -0.2) is 64.7 Å². The lowest BCUT2D eigenvalue weighted by molar-refractivity contribution is -0.141. The Bertz CT molecular complexity index is 1120. The first-order valence-corrected chi connectivity index (χ1v) is 14.3. The second-order valence-electron chi connectivity index (χ2n) is 8.70. The van der Waals surface area contributed by atoms with Gasteiger partial charge in [-0.15, -0.1) is 0 Å². The van der Waals surface area contributed by atoms with Crippen LogP contribution in [0.2, 0.25) is 0 Å². The molecule has 0 aliphatic rings. The second-order valence-corrected chi connectivity index (χ2v) is 10.6. The van der Waals surface area contributed by atoms with Gasteiger partial charge < -0.3 is 19.7 Å². The molecule has 9 nitrogen and oxygen atoms in total. The molecular formula is C27H39N3O6S. The molecule has 0 bridgehead atoms. The lowest BCUT2D eigenvalue weighted by Crippen LogP contribution is -2.49. The standard InChI is InChI=1S/C27H39N3O6S/c1-6-18-28-27(32)23(7-2)29(20-21-14-16-22(35-3)17-15-21)26(31)13-10-19-30(37(5,33)34)24-11-8-9-12-25(24)36-4/h8-9,11-12,14-17,23H,6-7,10,13,18-20H2,1-5H3,(H,28,32). The van der Waals surface area contributed by atoms with Crippen molar-refractivity contribution in [1.29, 1.82) is 0 Å². The highest BCUT2D eigenvalue weighted by atomic mass is 32.2. The van der Waals surface area contributed by atoms with Crippen LogP contribution in [0.25, 0.3) is 0 Å². The average molecular weight is 534 g/mol. The maximum absolute atomic E-state index is 13.5. The predicted octanol–water partition coefficient (Wildman–Crippen LogP) is 3.58. The molecule has 0 aromatic heterocycles. The number of nitrogens with zero attached hydrogens (tertiary/aromatic N) is 2. The molecule has 0 fully saturated rings. The maximum Gasteiger partial charge on any atom is 0.242 e. The van der Waals surface area contributed by atoms with Crippen molar-refractivity contribution in [3.8, 4) is 11.5 Å². The van der Waals surface area contributed by atoms with Gasteiger partial charge in [-0.3, -0.25) is 13.9 Å². The summed E-state index contributed by atoms with van der Waals surface area (Å²) in [5, 5.41) is 2.90. The Labute approximate surface area is 220 Å². The van der Waals surface area contributed by atoms with Gasteiger partial charge in [-0.2, -0.15) is 0 Å². The van der Waals surface area contributed by atoms with E-state index in [1.807, 2.05) is 38.1 Å². The highest BCUT2D eigenvalue weighted by Gasteiger charge is 2.29. The summed E-state index contributed by atoms with van der Waals surface area (Å²) in [5.74, 6) is 0.714. The molecule has 0 radical (unpaired) electrons. The van der Waals surface area contributed by atoms with Gasteiger partial charge in [0.1, 0.15) is 17.5 Å². The van der Waals surface area contributed by atoms with Gasteiger partial charge in [0.15, 0.2) is 0 Å². The highest BCUT2D eigenvalue weighted by molar-refractivity contribution is 7.92. The summed E-state index contributed by atoms with van der Waals surface area (Å²) in [5.41, 5.74) is 1.28. The fourth-order valence-corrected chi connectivity index (χ4v) is 5.00. The van der Waals surface area contributed by atoms with Crippen LogP contribution in [0.5, 0.6) is 11.5 Å². The zero-order valence-electron chi connectivity index (χ0n) is 22.4. The molecule has 2 rings (SSSR count). The normalized spacial score (nSPS) is 11.9. The summed E-state index contributed by atoms with van der Waals surface area (Å²) >= 11 is 0. The maximum atomic E-state index is 13.5. The van der Waals surface area contributed by atoms with Gasteiger partial charge in [-0.05, 0) is 49.1 Å². The first kappa shape index (κ1) is 30.0. The Balaban J connectivity index is 2.23. The number of anilines is 1. The molecule has 1 atom stereocenters. The van der Waals surface area contributed by atoms with Crippen molar-refractivity contribution >= 4 is 27.5 Å². The van der Waals surface area contributed by atoms with E-state index in [0.717, 1.165) is 18.2 Å². The molecule has 37 heavy (non-hydrogen) atoms. The molecule has 2 aromatic carbocycles. The number of rotatable bonds is 15. The second kappa shape index (κ2) is 14.5. The van der Waals surface area contributed by atoms with Crippen molar-refractivity contribution in [3.05, 3.63) is 54.1 Å². The largest absolute Gasteiger partial charge is 0.497 e. The molecule has 2 amide bonds. The van der Waals surface area contributed by atoms with Gasteiger partial charge in [0.2, 0.25) is 21.8 Å². The van der Waals surface area contributed by atoms with E-state index in [4.69, 9.17) is 9.47 Å². The van der Waals surface area contributed by atoms with E-state index in [-0.39, 0.29) is 37.7 Å². The van der Waals surface area contributed by atoms with Gasteiger partial charge in [-0.1, -0.05) is 38.1 Å². The van der Waals surface area contributed by atoms with Crippen LogP contribution in [0.1, 0.15) is 45.1 Å². The molecule has 0 saturated carbocycles. The Morgan fingerprint density at radius 3 is 2.24 bits per heavy atom. The van der Waals surface area contributed by atoms with Gasteiger partial charge in [-0.25, -0.2) is 8.42 Å². The van der Waals surface area contributed by atoms with Crippen LogP contribution in [0.4, 0.5) is 5.69 Å². The third-order valence-corrected chi connectivity index (χ3v) is 7.13. The smallest absolute Gasteiger partial charge is 0.242 e. The lowest BCUT2D eigenvalue weighted by atomic mass is 10.1. The molecule has 0 aliphatic carbocycles. The van der Waals surface area contributed by atoms with Crippen molar-refractivity contribution in [3.63, 3.8) is 0 Å². The Kier molecular flexibility index (Phi) is 11.7. The summed E-state index contributed by atoms with van der Waals surface area (Å²) in [6.07, 6.45) is 2.72. The van der Waals surface area contributed by atoms with Crippen LogP contribution in [0, 0.1) is 0 Å². The Morgan fingerprint density at radius 1 is 1.00 bits per heavy atom. The van der Waals surface area contributed by atoms with E-state index >= 15 is 0 Å². The minimum absolute atomic E-state index is 0.0783. The van der Waals surface area contributed by atoms with E-state index in [1.165, 1.54) is 11.4 Å². The Hall–Kier alpha value is -3.27. The number of carbonyl (C=O) groups excluding carboxylic acids is 2. The van der Waals surface area contributed by atoms with Crippen LogP contribution >= 0.6 is 0 Å². The average Bonchev–Trinajstić information content (AvgIpc) is 2.89. The van der Waals surface area contributed by atoms with Crippen LogP contribution < -0.4 is 19.1 Å². The minimum atomic E-state index is -3.62. The van der Waals surface area contributed by atoms with E-state index < -0.39 is 16.1 Å². The quantitative estimate of drug-likeness (QED) is 0.375. The fraction of sp³-hybridized carbons (Fsp3) is 0.481. The number of amides is 2. The lowest BCUT2D eigenvalue weighted by Gasteiger charge is -2.31. The molecule has 0 saturated heterocycles. The van der Waals surface area contributed by atoms with Crippen molar-refractivity contribution in [2.75, 3.05) is 37.9 Å². The number of nitrogens with one attached hydrogen (secondary N) is 1. The summed E-state index contributed by atoms with van der Waals surface area (Å²) in [4.78, 5) is 28.0. The minimum Gasteiger partial charge on any atom is -0.497 e. The molecule has 0 spiro atoms. The first-order chi connectivity index (χ1) is 17.7. The number of para-hydroxylation sites is 2. The van der Waals surface area contributed by atoms with Crippen molar-refractivity contribution < 1.29 is 27.5 Å². The number of methoxy groups -OCH3 is 2. The van der Waals surface area contributed by atoms with Gasteiger partial charge >= 0.3 is 0 Å². The highest BCUT2D eigenvalue weighted by Crippen LogP contribution is 2.30. The van der Waals surface area contributed by atoms with E-state index in [0.29, 0.717) is 30.2 Å². The summed E-state index contributed by atoms with van der Waals surface area (Å²) < 4.78 is 36.9. The third-order valence-electron chi connectivity index (χ3n) is 5.95. The summed E-state index contributed by atoms with van der Waals surface area (Å²) in [7, 11) is -0.552. The number of hydrogen-bond donors (Lipinski definition) is 1. The van der Waals surface area contributed by atoms with E-state index in [1.54, 1.807) is 36.3 Å². The molecule has 0 heterocycles. The molecule has 1 unspecified atom stereocenters. The number of ether oxygens (including phenoxy) is 2. The molecule has 1 N–H and O–H groups in total. The van der Waals surface area contributed by atoms with Gasteiger partial charge in [0.25, 0.3) is 0 Å². The summed E-state index contributed by atoms with van der Waals surface area (Å²) in [6.45, 7) is 4.72. The van der Waals surface area contributed by atoms with Crippen molar-refractivity contribution in [1.82, 2.24) is 10.2 Å². The van der Waals surface area contributed by atoms with E-state index in [2.05, 4.69) is 5.32 Å². The number of sulfonamides is 1. The van der Waals surface area contributed by atoms with Crippen LogP contribution in [0.3, 0.4) is 0 Å². The van der Waals surface area contributed by atoms with Crippen molar-refractivity contribution in [2.45, 2.75) is 52.1 Å². The van der Waals surface area contributed by atoms with Crippen LogP contribution in [0.15, 0.2) is 48.5 Å². The molecule has 204 valence electrons. The van der Waals surface area contributed by atoms with Gasteiger partial charge in [0, 0.05) is 26.1 Å². The molecule has 10 heteroatoms. The fourth-order valence-electron chi connectivity index (χ4n) is 4.03. The van der Waals surface area contributed by atoms with Crippen LogP contribution in [-0.2, 0) is 26.2 Å². The molecule has 2 aromatic rings. The first-order valence-electron chi connectivity index (χ1n) is 12.5.